The summed E-state index contributed by atoms with van der Waals surface area (Å²) in [5.41, 5.74) is 0. The molecule has 0 saturated carbocycles. The van der Waals surface area contributed by atoms with Gasteiger partial charge in [0.1, 0.15) is 0 Å². The molecule has 0 heterocycles. The molecule has 0 amide bonds. The van der Waals surface area contributed by atoms with Crippen LogP contribution >= 0.6 is 0 Å². The summed E-state index contributed by atoms with van der Waals surface area (Å²) < 4.78 is 0. The molecule has 0 N–H and O–H groups in total. The van der Waals surface area contributed by atoms with Crippen LogP contribution in [0.1, 0.15) is 0 Å². The molecule has 0 rings (SSSR count). The van der Waals surface area contributed by atoms with Crippen LogP contribution in [0, 0.1) is 0 Å². The smallest absolute Gasteiger partial charge is 1.00 e. The van der Waals surface area contributed by atoms with Gasteiger partial charge in [-0.15, -0.1) is 0 Å². The Bertz CT molecular complexity index is 14.1. The third kappa shape index (κ3) is 111. The van der Waals surface area contributed by atoms with Gasteiger partial charge in [-0.2, -0.15) is 0 Å². The molecule has 0 atom stereocenters. The zero-order valence-electron chi connectivity index (χ0n) is 5.18. The Morgan fingerprint density at radius 1 is 0.364 bits per heavy atom. The first-order valence-electron chi connectivity index (χ1n) is 0. The molecule has 1 radical (unpaired) electrons. The maximum Gasteiger partial charge on any atom is 2.00 e. The van der Waals surface area contributed by atoms with E-state index in [0.717, 1.165) is 0 Å². The van der Waals surface area contributed by atoms with Gasteiger partial charge in [-0.05, 0) is 0 Å². The van der Waals surface area contributed by atoms with Crippen molar-refractivity contribution in [2.24, 2.45) is 0 Å². The van der Waals surface area contributed by atoms with Crippen LogP contribution in [0.4, 0.5) is 0 Å². The minimum Gasteiger partial charge on any atom is -1.00 e. The molecule has 0 spiro atoms. The van der Waals surface area contributed by atoms with E-state index in [4.69, 9.17) is 0 Å². The molecule has 69 valence electrons. The van der Waals surface area contributed by atoms with Gasteiger partial charge in [0.15, 0.2) is 0 Å². The molecule has 0 aromatic rings. The van der Waals surface area contributed by atoms with E-state index in [9.17, 15) is 0 Å². The second-order valence-corrected chi connectivity index (χ2v) is 0. The van der Waals surface area contributed by atoms with Gasteiger partial charge in [-0.3, -0.25) is 0 Å². The van der Waals surface area contributed by atoms with Crippen molar-refractivity contribution < 1.29 is 167 Å². The van der Waals surface area contributed by atoms with Gasteiger partial charge in [0.25, 0.3) is 0 Å². The van der Waals surface area contributed by atoms with Crippen LogP contribution in [-0.2, 0) is 38.0 Å². The fraction of sp³-hybridized carbons (Fsp3) is 0. The van der Waals surface area contributed by atoms with Crippen molar-refractivity contribution in [3.05, 3.63) is 0 Å². The number of hydrogen-bond acceptors (Lipinski definition) is 0. The molecule has 0 aromatic carbocycles. The summed E-state index contributed by atoms with van der Waals surface area (Å²) in [6.45, 7) is 0. The monoisotopic (exact) mass is 418 g/mol. The third-order valence-corrected chi connectivity index (χ3v) is 0. The van der Waals surface area contributed by atoms with E-state index in [0.29, 0.717) is 0 Å². The van der Waals surface area contributed by atoms with E-state index in [1.54, 1.807) is 0 Å². The minimum absolute atomic E-state index is 0. The number of rotatable bonds is 0. The Labute approximate surface area is 164 Å². The minimum atomic E-state index is 0. The summed E-state index contributed by atoms with van der Waals surface area (Å²) in [5.74, 6) is 0. The van der Waals surface area contributed by atoms with Gasteiger partial charge in [0.05, 0.1) is 0 Å². The quantitative estimate of drug-likeness (QED) is 0.340. The average molecular weight is 423 g/mol. The first-order valence-corrected chi connectivity index (χ1v) is 0. The van der Waals surface area contributed by atoms with E-state index in [2.05, 4.69) is 0 Å². The number of hydrogen-bond donors (Lipinski definition) is 0. The largest absolute Gasteiger partial charge is 2.00 e. The summed E-state index contributed by atoms with van der Waals surface area (Å²) in [7, 11) is 0. The van der Waals surface area contributed by atoms with Crippen LogP contribution in [-0.4, -0.2) is 0 Å². The summed E-state index contributed by atoms with van der Waals surface area (Å²) in [5, 5.41) is 0. The molecular formula is Cl8NaVZn-5. The molecule has 0 aromatic heterocycles. The molecule has 11 heteroatoms. The van der Waals surface area contributed by atoms with Gasteiger partial charge >= 0.3 is 49.0 Å². The van der Waals surface area contributed by atoms with Gasteiger partial charge in [-0.25, -0.2) is 0 Å². The zero-order chi connectivity index (χ0) is 0. The van der Waals surface area contributed by atoms with Gasteiger partial charge in [-0.1, -0.05) is 0 Å². The second-order valence-electron chi connectivity index (χ2n) is 0. The van der Waals surface area contributed by atoms with Crippen LogP contribution in [0.5, 0.6) is 0 Å². The van der Waals surface area contributed by atoms with Crippen LogP contribution in [0.3, 0.4) is 0 Å². The van der Waals surface area contributed by atoms with Crippen molar-refractivity contribution in [3.8, 4) is 0 Å². The predicted molar refractivity (Wildman–Crippen MR) is 0 cm³/mol. The van der Waals surface area contributed by atoms with Gasteiger partial charge < -0.3 is 99.3 Å². The molecule has 0 saturated heterocycles. The first kappa shape index (κ1) is 160. The standard InChI is InChI=1S/8ClH.Na.V.Zn/h8*1H;;;/q;;;;;;;;+1;;+2/p-8. The van der Waals surface area contributed by atoms with Crippen molar-refractivity contribution in [3.63, 3.8) is 0 Å². The topological polar surface area (TPSA) is 0 Å². The van der Waals surface area contributed by atoms with E-state index in [-0.39, 0.29) is 167 Å². The maximum absolute atomic E-state index is 0. The second kappa shape index (κ2) is 130. The Kier molecular flexibility index (Phi) is 1880. The van der Waals surface area contributed by atoms with Crippen molar-refractivity contribution in [1.29, 1.82) is 0 Å². The molecule has 0 fully saturated rings. The predicted octanol–water partition coefficient (Wildman–Crippen LogP) is -27.0. The summed E-state index contributed by atoms with van der Waals surface area (Å²) in [6, 6.07) is 0. The van der Waals surface area contributed by atoms with E-state index >= 15 is 0 Å². The zero-order valence-corrected chi connectivity index (χ0v) is 17.6. The van der Waals surface area contributed by atoms with Gasteiger partial charge in [0, 0.05) is 18.6 Å². The van der Waals surface area contributed by atoms with Crippen LogP contribution in [0.2, 0.25) is 0 Å². The molecular weight excluding hydrogens is 423 g/mol. The first-order chi connectivity index (χ1) is 0. The Morgan fingerprint density at radius 2 is 0.364 bits per heavy atom. The van der Waals surface area contributed by atoms with Crippen LogP contribution in [0.25, 0.3) is 0 Å². The van der Waals surface area contributed by atoms with E-state index < -0.39 is 0 Å². The summed E-state index contributed by atoms with van der Waals surface area (Å²) >= 11 is 0. The Hall–Kier alpha value is 4.53. The Morgan fingerprint density at radius 3 is 0.364 bits per heavy atom. The summed E-state index contributed by atoms with van der Waals surface area (Å²) in [6.07, 6.45) is 0. The molecule has 11 heavy (non-hydrogen) atoms. The third-order valence-electron chi connectivity index (χ3n) is 0. The van der Waals surface area contributed by atoms with Gasteiger partial charge in [0.2, 0.25) is 0 Å². The van der Waals surface area contributed by atoms with Crippen molar-refractivity contribution in [2.45, 2.75) is 0 Å². The van der Waals surface area contributed by atoms with Crippen molar-refractivity contribution >= 4 is 0 Å². The van der Waals surface area contributed by atoms with E-state index in [1.807, 2.05) is 0 Å². The van der Waals surface area contributed by atoms with Crippen LogP contribution in [0.15, 0.2) is 0 Å². The molecule has 0 nitrogen and oxygen atoms in total. The fourth-order valence-electron chi connectivity index (χ4n) is 0. The fourth-order valence-corrected chi connectivity index (χ4v) is 0. The Balaban J connectivity index is 0. The van der Waals surface area contributed by atoms with E-state index in [1.165, 1.54) is 0 Å². The molecule has 0 bridgehead atoms. The molecule has 0 aliphatic rings. The summed E-state index contributed by atoms with van der Waals surface area (Å²) in [4.78, 5) is 0. The SMILES string of the molecule is [Cl-].[Cl-].[Cl-].[Cl-].[Cl-].[Cl-].[Cl-].[Cl-].[Na+].[V].[Zn+2]. The average Bonchev–Trinajstić information content (AvgIpc) is 0. The number of halogens is 8. The van der Waals surface area contributed by atoms with Crippen molar-refractivity contribution in [2.75, 3.05) is 0 Å². The normalized spacial score (nSPS) is 0. The van der Waals surface area contributed by atoms with Crippen LogP contribution < -0.4 is 129 Å². The molecule has 0 aliphatic carbocycles. The maximum atomic E-state index is 0. The van der Waals surface area contributed by atoms with Crippen molar-refractivity contribution in [1.82, 2.24) is 0 Å². The molecule has 0 aliphatic heterocycles. The molecule has 0 unspecified atom stereocenters.